The summed E-state index contributed by atoms with van der Waals surface area (Å²) in [5.74, 6) is -0.512. The Morgan fingerprint density at radius 2 is 1.91 bits per heavy atom. The van der Waals surface area contributed by atoms with E-state index < -0.39 is 11.7 Å². The number of aromatic carboxylic acids is 1. The summed E-state index contributed by atoms with van der Waals surface area (Å²) in [5, 5.41) is 15.5. The first-order valence-corrected chi connectivity index (χ1v) is 6.69. The molecule has 0 saturated heterocycles. The molecule has 0 aliphatic heterocycles. The van der Waals surface area contributed by atoms with E-state index >= 15 is 0 Å². The first-order valence-electron chi connectivity index (χ1n) is 6.69. The Bertz CT molecular complexity index is 866. The lowest BCUT2D eigenvalue weighted by atomic mass is 10.1. The van der Waals surface area contributed by atoms with Crippen LogP contribution in [0.4, 0.5) is 0 Å². The van der Waals surface area contributed by atoms with Crippen LogP contribution in [-0.2, 0) is 6.42 Å². The third-order valence-corrected chi connectivity index (χ3v) is 3.30. The van der Waals surface area contributed by atoms with Crippen LogP contribution in [0.3, 0.4) is 0 Å². The normalized spacial score (nSPS) is 10.5. The number of carboxylic acid groups (broad SMARTS) is 1. The molecule has 6 nitrogen and oxygen atoms in total. The van der Waals surface area contributed by atoms with E-state index in [1.165, 1.54) is 16.7 Å². The minimum Gasteiger partial charge on any atom is -0.478 e. The van der Waals surface area contributed by atoms with Crippen molar-refractivity contribution in [2.75, 3.05) is 0 Å². The van der Waals surface area contributed by atoms with Crippen LogP contribution in [0.2, 0.25) is 0 Å². The molecule has 22 heavy (non-hydrogen) atoms. The van der Waals surface area contributed by atoms with E-state index in [1.54, 1.807) is 12.1 Å². The SMILES string of the molecule is O=C(O)c1cccc(-n2c(Cc3ccccc3)n[nH]c2=O)c1. The maximum absolute atomic E-state index is 12.0. The van der Waals surface area contributed by atoms with Gasteiger partial charge in [0.25, 0.3) is 0 Å². The Hall–Kier alpha value is -3.15. The number of nitrogens with zero attached hydrogens (tertiary/aromatic N) is 2. The molecule has 0 spiro atoms. The number of aromatic nitrogens is 3. The lowest BCUT2D eigenvalue weighted by molar-refractivity contribution is 0.0697. The molecule has 6 heteroatoms. The zero-order valence-electron chi connectivity index (χ0n) is 11.6. The Kier molecular flexibility index (Phi) is 3.57. The van der Waals surface area contributed by atoms with Gasteiger partial charge in [0, 0.05) is 6.42 Å². The summed E-state index contributed by atoms with van der Waals surface area (Å²) in [4.78, 5) is 23.1. The number of nitrogens with one attached hydrogen (secondary N) is 1. The van der Waals surface area contributed by atoms with Gasteiger partial charge in [-0.1, -0.05) is 36.4 Å². The van der Waals surface area contributed by atoms with Gasteiger partial charge in [-0.15, -0.1) is 0 Å². The van der Waals surface area contributed by atoms with Gasteiger partial charge in [-0.2, -0.15) is 5.10 Å². The van der Waals surface area contributed by atoms with Crippen LogP contribution in [0, 0.1) is 0 Å². The standard InChI is InChI=1S/C16H13N3O3/c20-15(21)12-7-4-8-13(10-12)19-14(17-18-16(19)22)9-11-5-2-1-3-6-11/h1-8,10H,9H2,(H,18,22)(H,20,21). The van der Waals surface area contributed by atoms with Crippen LogP contribution < -0.4 is 5.69 Å². The topological polar surface area (TPSA) is 88.0 Å². The molecule has 1 aromatic heterocycles. The highest BCUT2D eigenvalue weighted by Crippen LogP contribution is 2.13. The van der Waals surface area contributed by atoms with Crippen LogP contribution in [0.25, 0.3) is 5.69 Å². The van der Waals surface area contributed by atoms with Gasteiger partial charge in [0.2, 0.25) is 0 Å². The largest absolute Gasteiger partial charge is 0.478 e. The zero-order chi connectivity index (χ0) is 15.5. The van der Waals surface area contributed by atoms with Gasteiger partial charge in [-0.3, -0.25) is 0 Å². The summed E-state index contributed by atoms with van der Waals surface area (Å²) in [5.41, 5.74) is 1.21. The molecule has 0 amide bonds. The molecule has 1 heterocycles. The molecule has 3 rings (SSSR count). The second kappa shape index (κ2) is 5.69. The molecule has 3 aromatic rings. The predicted molar refractivity (Wildman–Crippen MR) is 80.4 cm³/mol. The molecule has 0 bridgehead atoms. The van der Waals surface area contributed by atoms with Crippen molar-refractivity contribution in [1.29, 1.82) is 0 Å². The highest BCUT2D eigenvalue weighted by atomic mass is 16.4. The molecule has 2 N–H and O–H groups in total. The maximum Gasteiger partial charge on any atom is 0.347 e. The second-order valence-corrected chi connectivity index (χ2v) is 4.80. The fourth-order valence-electron chi connectivity index (χ4n) is 2.27. The Labute approximate surface area is 125 Å². The third kappa shape index (κ3) is 2.67. The fourth-order valence-corrected chi connectivity index (χ4v) is 2.27. The van der Waals surface area contributed by atoms with Crippen molar-refractivity contribution in [3.05, 3.63) is 82.0 Å². The minimum absolute atomic E-state index is 0.122. The van der Waals surface area contributed by atoms with Gasteiger partial charge < -0.3 is 5.11 Å². The molecule has 0 aliphatic carbocycles. The smallest absolute Gasteiger partial charge is 0.347 e. The molecule has 0 aliphatic rings. The van der Waals surface area contributed by atoms with E-state index in [1.807, 2.05) is 30.3 Å². The van der Waals surface area contributed by atoms with E-state index in [2.05, 4.69) is 10.2 Å². The maximum atomic E-state index is 12.0. The third-order valence-electron chi connectivity index (χ3n) is 3.30. The van der Waals surface area contributed by atoms with E-state index in [-0.39, 0.29) is 5.56 Å². The van der Waals surface area contributed by atoms with E-state index in [9.17, 15) is 9.59 Å². The fraction of sp³-hybridized carbons (Fsp3) is 0.0625. The number of aromatic amines is 1. The first-order chi connectivity index (χ1) is 10.6. The lowest BCUT2D eigenvalue weighted by Gasteiger charge is -2.06. The Morgan fingerprint density at radius 1 is 1.14 bits per heavy atom. The molecule has 2 aromatic carbocycles. The molecule has 110 valence electrons. The predicted octanol–water partition coefficient (Wildman–Crippen LogP) is 1.85. The van der Waals surface area contributed by atoms with Gasteiger partial charge in [0.1, 0.15) is 5.82 Å². The van der Waals surface area contributed by atoms with Crippen LogP contribution in [0.15, 0.2) is 59.4 Å². The number of hydrogen-bond donors (Lipinski definition) is 2. The average molecular weight is 295 g/mol. The number of carboxylic acids is 1. The van der Waals surface area contributed by atoms with Gasteiger partial charge in [0.05, 0.1) is 11.3 Å². The lowest BCUT2D eigenvalue weighted by Crippen LogP contribution is -2.17. The number of rotatable bonds is 4. The molecule has 0 fully saturated rings. The monoisotopic (exact) mass is 295 g/mol. The van der Waals surface area contributed by atoms with Crippen molar-refractivity contribution >= 4 is 5.97 Å². The molecular formula is C16H13N3O3. The van der Waals surface area contributed by atoms with Crippen LogP contribution in [0.1, 0.15) is 21.7 Å². The molecular weight excluding hydrogens is 282 g/mol. The highest BCUT2D eigenvalue weighted by molar-refractivity contribution is 5.88. The van der Waals surface area contributed by atoms with Gasteiger partial charge in [0.15, 0.2) is 0 Å². The number of hydrogen-bond acceptors (Lipinski definition) is 3. The summed E-state index contributed by atoms with van der Waals surface area (Å²) < 4.78 is 1.39. The summed E-state index contributed by atoms with van der Waals surface area (Å²) in [6, 6.07) is 15.8. The molecule has 0 atom stereocenters. The van der Waals surface area contributed by atoms with E-state index in [4.69, 9.17) is 5.11 Å². The summed E-state index contributed by atoms with van der Waals surface area (Å²) >= 11 is 0. The number of benzene rings is 2. The van der Waals surface area contributed by atoms with E-state index in [0.29, 0.717) is 17.9 Å². The van der Waals surface area contributed by atoms with Crippen LogP contribution in [0.5, 0.6) is 0 Å². The quantitative estimate of drug-likeness (QED) is 0.769. The van der Waals surface area contributed by atoms with Crippen molar-refractivity contribution in [1.82, 2.24) is 14.8 Å². The zero-order valence-corrected chi connectivity index (χ0v) is 11.6. The molecule has 0 saturated carbocycles. The Balaban J connectivity index is 2.04. The van der Waals surface area contributed by atoms with Gasteiger partial charge in [-0.25, -0.2) is 19.3 Å². The minimum atomic E-state index is -1.04. The van der Waals surface area contributed by atoms with Crippen molar-refractivity contribution in [3.8, 4) is 5.69 Å². The van der Waals surface area contributed by atoms with Crippen molar-refractivity contribution < 1.29 is 9.90 Å². The van der Waals surface area contributed by atoms with Crippen LogP contribution in [-0.4, -0.2) is 25.8 Å². The molecule has 0 unspecified atom stereocenters. The Morgan fingerprint density at radius 3 is 2.64 bits per heavy atom. The van der Waals surface area contributed by atoms with Crippen molar-refractivity contribution in [3.63, 3.8) is 0 Å². The van der Waals surface area contributed by atoms with Crippen LogP contribution >= 0.6 is 0 Å². The van der Waals surface area contributed by atoms with Gasteiger partial charge in [-0.05, 0) is 23.8 Å². The summed E-state index contributed by atoms with van der Waals surface area (Å²) in [7, 11) is 0. The highest BCUT2D eigenvalue weighted by Gasteiger charge is 2.12. The van der Waals surface area contributed by atoms with Crippen molar-refractivity contribution in [2.24, 2.45) is 0 Å². The second-order valence-electron chi connectivity index (χ2n) is 4.80. The summed E-state index contributed by atoms with van der Waals surface area (Å²) in [6.45, 7) is 0. The molecule has 0 radical (unpaired) electrons. The van der Waals surface area contributed by atoms with Gasteiger partial charge >= 0.3 is 11.7 Å². The number of H-pyrrole nitrogens is 1. The average Bonchev–Trinajstić information content (AvgIpc) is 2.89. The summed E-state index contributed by atoms with van der Waals surface area (Å²) in [6.07, 6.45) is 0.469. The number of carbonyl (C=O) groups is 1. The van der Waals surface area contributed by atoms with E-state index in [0.717, 1.165) is 5.56 Å². The van der Waals surface area contributed by atoms with Crippen molar-refractivity contribution in [2.45, 2.75) is 6.42 Å². The first kappa shape index (κ1) is 13.8.